The van der Waals surface area contributed by atoms with Gasteiger partial charge in [-0.05, 0) is 279 Å². The van der Waals surface area contributed by atoms with E-state index in [2.05, 4.69) is 391 Å². The largest absolute Gasteiger partial charge is 0.344 e. The van der Waals surface area contributed by atoms with E-state index in [1.807, 2.05) is 30.3 Å². The Morgan fingerprint density at radius 3 is 0.812 bits per heavy atom. The van der Waals surface area contributed by atoms with Crippen molar-refractivity contribution in [3.8, 4) is 0 Å². The number of nitrogens with zero attached hydrogens (tertiary/aromatic N) is 10. The maximum atomic E-state index is 9.76. The number of anilines is 5. The van der Waals surface area contributed by atoms with E-state index in [1.54, 1.807) is 0 Å². The van der Waals surface area contributed by atoms with Gasteiger partial charge in [0.2, 0.25) is 0 Å². The standard InChI is InChI=1S/C30H32N2.C29H30N2.C28H34N2.C24H28N2.C23H26N2/c1-22-13-9-12-20-28(22)31-21-32-29(23(31)2)26-18-10-11-19-27(26)30(32,24-14-5-3-6-15-24)25-16-7-4-8-17-25;1-21-12-6-11-19-27(21)30-20-31-28(22(30)2)25-17-9-10-18-26(25)29(31,24-15-7-8-16-24)23-13-4-3-5-14-23;1-20-11-3-10-18-26(20)29-19-30-27(21(29)2)24-16-8-9-17-25(24)28(30,22-12-4-5-13-22)23-14-6-7-15-23;1-17-10-6-9-15-22(17)25-16-26-23(18(25)2)20-13-7-8-14-21(20)24(26)19-11-4-3-5-12-19;1-16-9-3-8-14-21(16)24-15-25-22(17(24)2)19-12-6-7-13-20(19)23(25)18-10-4-5-11-18/h3,5-6,9-15,18-20,25H,4,7-8,16-17,21H2,1-2H3;3-6,9-14,17-19,24H,7-8,15-16,20H2,1-2H3;3,8-11,16-18,22-23H,4-7,12-15,19H2,1-2H3;6-10,13-15,19,24H,3-5,11-12,16H2,1-2H3;3,6-9,12-14,18,23H,4-5,10-11,15H2,1-2H3/i21D;20D;19D;16D,24D;15D,23D. The molecule has 10 heterocycles. The van der Waals surface area contributed by atoms with Gasteiger partial charge in [-0.3, -0.25) is 0 Å². The van der Waals surface area contributed by atoms with Crippen LogP contribution in [-0.4, -0.2) is 57.7 Å². The van der Waals surface area contributed by atoms with E-state index in [1.165, 1.54) is 253 Å². The Hall–Kier alpha value is -12.7. The zero-order valence-corrected chi connectivity index (χ0v) is 86.6. The van der Waals surface area contributed by atoms with Gasteiger partial charge in [0, 0.05) is 84.7 Å². The molecule has 9 atom stereocenters. The number of allylic oxidation sites excluding steroid dienone is 5. The van der Waals surface area contributed by atoms with E-state index in [0.717, 1.165) is 93.5 Å². The molecule has 0 amide bonds. The quantitative estimate of drug-likeness (QED) is 0.111. The summed E-state index contributed by atoms with van der Waals surface area (Å²) in [6, 6.07) is 106. The predicted molar refractivity (Wildman–Crippen MR) is 600 cm³/mol. The van der Waals surface area contributed by atoms with Crippen LogP contribution in [0.2, 0.25) is 0 Å². The Morgan fingerprint density at radius 1 is 0.222 bits per heavy atom. The Bertz CT molecular complexity index is 7280. The van der Waals surface area contributed by atoms with Gasteiger partial charge in [-0.25, -0.2) is 0 Å². The van der Waals surface area contributed by atoms with Gasteiger partial charge >= 0.3 is 0 Å². The van der Waals surface area contributed by atoms with Crippen molar-refractivity contribution in [1.29, 1.82) is 0 Å². The van der Waals surface area contributed by atoms with Crippen molar-refractivity contribution in [3.63, 3.8) is 0 Å². The van der Waals surface area contributed by atoms with Gasteiger partial charge in [0.15, 0.2) is 0 Å². The monoisotopic (exact) mass is 1910 g/mol. The molecule has 10 aliphatic heterocycles. The molecule has 16 aliphatic rings. The summed E-state index contributed by atoms with van der Waals surface area (Å²) in [6.45, 7) is 19.0. The van der Waals surface area contributed by atoms with E-state index >= 15 is 0 Å². The first-order valence-corrected chi connectivity index (χ1v) is 55.0. The molecule has 12 aromatic carbocycles. The highest BCUT2D eigenvalue weighted by Crippen LogP contribution is 2.67. The van der Waals surface area contributed by atoms with Crippen molar-refractivity contribution in [2.75, 3.05) is 57.7 Å². The number of hydrogen-bond donors (Lipinski definition) is 0. The van der Waals surface area contributed by atoms with Crippen molar-refractivity contribution in [2.24, 2.45) is 35.5 Å². The van der Waals surface area contributed by atoms with Crippen molar-refractivity contribution in [2.45, 2.75) is 265 Å². The van der Waals surface area contributed by atoms with E-state index in [9.17, 15) is 8.22 Å². The zero-order valence-electron chi connectivity index (χ0n) is 93.6. The summed E-state index contributed by atoms with van der Waals surface area (Å²) < 4.78 is 66.8. The van der Waals surface area contributed by atoms with Gasteiger partial charge in [-0.15, -0.1) is 0 Å². The summed E-state index contributed by atoms with van der Waals surface area (Å²) in [5.74, 6) is 2.87. The van der Waals surface area contributed by atoms with E-state index in [4.69, 9.17) is 1.37 Å². The molecule has 10 heteroatoms. The molecule has 144 heavy (non-hydrogen) atoms. The Labute approximate surface area is 870 Å². The minimum absolute atomic E-state index is 0.00988. The van der Waals surface area contributed by atoms with Gasteiger partial charge in [-0.2, -0.15) is 0 Å². The molecule has 10 nitrogen and oxygen atoms in total. The normalized spacial score (nSPS) is 27.3. The summed E-state index contributed by atoms with van der Waals surface area (Å²) in [7, 11) is 0. The first-order valence-electron chi connectivity index (χ1n) is 58.9. The van der Waals surface area contributed by atoms with Crippen LogP contribution >= 0.6 is 0 Å². The molecule has 6 fully saturated rings. The van der Waals surface area contributed by atoms with Crippen molar-refractivity contribution in [1.82, 2.24) is 24.5 Å². The lowest BCUT2D eigenvalue weighted by molar-refractivity contribution is 0.0376. The van der Waals surface area contributed by atoms with Crippen molar-refractivity contribution >= 4 is 56.9 Å². The average Bonchev–Trinajstić information content (AvgIpc) is 1.48. The number of fused-ring (bicyclic) bond motifs is 15. The van der Waals surface area contributed by atoms with Crippen LogP contribution in [0, 0.1) is 70.1 Å². The third kappa shape index (κ3) is 15.3. The summed E-state index contributed by atoms with van der Waals surface area (Å²) in [5, 5.41) is 0. The molecule has 0 N–H and O–H groups in total. The fraction of sp³-hybridized carbons (Fsp3) is 0.388. The van der Waals surface area contributed by atoms with Crippen LogP contribution in [0.25, 0.3) is 28.5 Å². The fourth-order valence-corrected chi connectivity index (χ4v) is 29.9. The second-order valence-corrected chi connectivity index (χ2v) is 44.1. The fourth-order valence-electron chi connectivity index (χ4n) is 29.9. The molecule has 6 aliphatic carbocycles. The van der Waals surface area contributed by atoms with Crippen LogP contribution < -0.4 is 24.5 Å². The van der Waals surface area contributed by atoms with E-state index in [0.29, 0.717) is 23.7 Å². The Balaban J connectivity index is 0.000000100. The molecule has 0 spiro atoms. The predicted octanol–water partition coefficient (Wildman–Crippen LogP) is 33.1. The first-order chi connectivity index (χ1) is 73.6. The molecule has 9 unspecified atom stereocenters. The summed E-state index contributed by atoms with van der Waals surface area (Å²) in [6.07, 6.45) is 32.3. The molecule has 0 bridgehead atoms. The van der Waals surface area contributed by atoms with E-state index in [-0.39, 0.29) is 28.5 Å². The average molecular weight is 1910 g/mol. The first kappa shape index (κ1) is 85.7. The molecule has 0 radical (unpaired) electrons. The van der Waals surface area contributed by atoms with Gasteiger partial charge in [-0.1, -0.05) is 363 Å². The Kier molecular flexibility index (Phi) is 23.2. The second-order valence-electron chi connectivity index (χ2n) is 44.1. The smallest absolute Gasteiger partial charge is 0.0962 e. The highest BCUT2D eigenvalue weighted by atomic mass is 15.5. The van der Waals surface area contributed by atoms with Crippen LogP contribution in [0.15, 0.2) is 332 Å². The topological polar surface area (TPSA) is 32.4 Å². The van der Waals surface area contributed by atoms with Crippen molar-refractivity contribution < 1.29 is 9.60 Å². The van der Waals surface area contributed by atoms with Gasteiger partial charge in [0.1, 0.15) is 0 Å². The zero-order chi connectivity index (χ0) is 104. The maximum absolute atomic E-state index is 9.76. The van der Waals surface area contributed by atoms with Gasteiger partial charge in [0.05, 0.1) is 100.0 Å². The van der Waals surface area contributed by atoms with Crippen LogP contribution in [0.5, 0.6) is 0 Å². The summed E-state index contributed by atoms with van der Waals surface area (Å²) in [4.78, 5) is 22.8. The molecule has 0 saturated heterocycles. The highest BCUT2D eigenvalue weighted by Gasteiger charge is 2.62. The summed E-state index contributed by atoms with van der Waals surface area (Å²) in [5.41, 5.74) is 38.2. The van der Waals surface area contributed by atoms with Crippen LogP contribution in [0.1, 0.15) is 318 Å². The van der Waals surface area contributed by atoms with Crippen LogP contribution in [0.3, 0.4) is 0 Å². The number of rotatable bonds is 13. The van der Waals surface area contributed by atoms with Gasteiger partial charge < -0.3 is 49.0 Å². The molecule has 28 rings (SSSR count). The third-order valence-corrected chi connectivity index (χ3v) is 36.4. The molecular formula is C134H150N10. The Morgan fingerprint density at radius 2 is 0.465 bits per heavy atom. The number of aryl methyl sites for hydroxylation is 5. The van der Waals surface area contributed by atoms with Gasteiger partial charge in [0.25, 0.3) is 0 Å². The van der Waals surface area contributed by atoms with E-state index < -0.39 is 45.3 Å². The summed E-state index contributed by atoms with van der Waals surface area (Å²) >= 11 is 0. The number of benzene rings is 12. The van der Waals surface area contributed by atoms with Crippen molar-refractivity contribution in [3.05, 3.63) is 426 Å². The maximum Gasteiger partial charge on any atom is 0.0962 e. The molecule has 12 aromatic rings. The molecule has 6 saturated carbocycles. The SMILES string of the molecule is [2H]C1N(c2ccccc2C)C(C)=C2c3ccccc3C(C3CCCC3)(C3CCCC3)N21.[2H]C1N(c2ccccc2C)C(C)=C2c3ccccc3C([2H])(C3CCCC3)N21.[2H]C1N(c2ccccc2C)C(C)=C2c3ccccc3C([2H])(C3CCCCC3)N21.[2H]C1N(c2ccccc2C)C(C)=C2c3ccccc3C(c3ccccc3)(C3CCCC3)N21.[2H]C1N(c2ccccc2C)C(C)=C2c3ccccc3C(c3ccccc3)(C3CCCCC3)N21. The molecule has 736 valence electrons. The second kappa shape index (κ2) is 39.0. The number of para-hydroxylation sites is 5. The number of hydrogen-bond acceptors (Lipinski definition) is 10. The minimum Gasteiger partial charge on any atom is -0.344 e. The highest BCUT2D eigenvalue weighted by molar-refractivity contribution is 5.88. The third-order valence-electron chi connectivity index (χ3n) is 36.4. The minimum atomic E-state index is -0.850. The van der Waals surface area contributed by atoms with Crippen LogP contribution in [-0.2, 0) is 16.6 Å². The van der Waals surface area contributed by atoms with Crippen LogP contribution in [0.4, 0.5) is 28.4 Å². The lowest BCUT2D eigenvalue weighted by atomic mass is 9.67. The molecular weight excluding hydrogens is 1750 g/mol. The lowest BCUT2D eigenvalue weighted by Crippen LogP contribution is -2.52. The lowest BCUT2D eigenvalue weighted by Gasteiger charge is -2.49. The molecule has 0 aromatic heterocycles.